The molecule has 6 nitrogen and oxygen atoms in total. The molecule has 1 unspecified atom stereocenters. The van der Waals surface area contributed by atoms with Gasteiger partial charge in [-0.05, 0) is 13.3 Å². The number of Topliss-reactive ketones (excluding diaryl/α,β-unsaturated/α-hetero) is 1. The molecule has 0 radical (unpaired) electrons. The molecule has 2 rings (SSSR count). The van der Waals surface area contributed by atoms with Crippen LogP contribution in [-0.4, -0.2) is 27.6 Å². The zero-order chi connectivity index (χ0) is 11.0. The predicted molar refractivity (Wildman–Crippen MR) is 53.9 cm³/mol. The van der Waals surface area contributed by atoms with E-state index in [0.717, 1.165) is 0 Å². The summed E-state index contributed by atoms with van der Waals surface area (Å²) in [6.07, 6.45) is 1.28. The number of ketones is 1. The maximum absolute atomic E-state index is 11.9. The Morgan fingerprint density at radius 2 is 2.27 bits per heavy atom. The average molecular weight is 208 g/mol. The molecule has 1 aliphatic rings. The second-order valence-corrected chi connectivity index (χ2v) is 3.56. The van der Waals surface area contributed by atoms with E-state index in [9.17, 15) is 9.59 Å². The summed E-state index contributed by atoms with van der Waals surface area (Å²) in [5.41, 5.74) is -0.264. The Balaban J connectivity index is 2.60. The first kappa shape index (κ1) is 9.82. The number of rotatable bonds is 2. The Morgan fingerprint density at radius 1 is 1.53 bits per heavy atom. The Morgan fingerprint density at radius 3 is 2.87 bits per heavy atom. The Kier molecular flexibility index (Phi) is 2.26. The third-order valence-electron chi connectivity index (χ3n) is 2.62. The van der Waals surface area contributed by atoms with Gasteiger partial charge in [0.15, 0.2) is 5.78 Å². The molecule has 80 valence electrons. The molecular weight excluding hydrogens is 196 g/mol. The molecule has 15 heavy (non-hydrogen) atoms. The van der Waals surface area contributed by atoms with Crippen LogP contribution >= 0.6 is 0 Å². The van der Waals surface area contributed by atoms with Gasteiger partial charge in [-0.3, -0.25) is 14.2 Å². The van der Waals surface area contributed by atoms with Crippen LogP contribution in [0.25, 0.3) is 0 Å². The van der Waals surface area contributed by atoms with Crippen LogP contribution < -0.4 is 10.9 Å². The molecule has 0 amide bonds. The second kappa shape index (κ2) is 3.45. The minimum absolute atomic E-state index is 0.00842. The number of carbonyl (C=O) groups excluding carboxylic acids is 1. The van der Waals surface area contributed by atoms with E-state index in [0.29, 0.717) is 18.7 Å². The van der Waals surface area contributed by atoms with Gasteiger partial charge < -0.3 is 5.32 Å². The fourth-order valence-corrected chi connectivity index (χ4v) is 1.86. The molecule has 6 heteroatoms. The van der Waals surface area contributed by atoms with Crippen molar-refractivity contribution in [3.05, 3.63) is 16.2 Å². The molecule has 0 aliphatic carbocycles. The van der Waals surface area contributed by atoms with Crippen molar-refractivity contribution in [3.63, 3.8) is 0 Å². The molecule has 1 aromatic heterocycles. The lowest BCUT2D eigenvalue weighted by atomic mass is 10.1. The van der Waals surface area contributed by atoms with Gasteiger partial charge in [0.2, 0.25) is 5.82 Å². The Bertz CT molecular complexity index is 466. The van der Waals surface area contributed by atoms with E-state index in [-0.39, 0.29) is 23.2 Å². The van der Waals surface area contributed by atoms with Crippen molar-refractivity contribution in [1.29, 1.82) is 0 Å². The maximum atomic E-state index is 11.9. The number of hydrogen-bond donors (Lipinski definition) is 1. The van der Waals surface area contributed by atoms with E-state index in [1.165, 1.54) is 11.5 Å². The number of anilines is 1. The third-order valence-corrected chi connectivity index (χ3v) is 2.62. The van der Waals surface area contributed by atoms with Crippen LogP contribution in [-0.2, 0) is 11.2 Å². The van der Waals surface area contributed by atoms with Crippen LogP contribution in [0.1, 0.15) is 25.2 Å². The third kappa shape index (κ3) is 1.42. The molecule has 0 bridgehead atoms. The largest absolute Gasteiger partial charge is 0.367 e. The normalized spacial score (nSPS) is 18.7. The van der Waals surface area contributed by atoms with Crippen molar-refractivity contribution >= 4 is 11.6 Å². The van der Waals surface area contributed by atoms with Crippen LogP contribution in [0.5, 0.6) is 0 Å². The molecule has 0 saturated carbocycles. The molecule has 0 saturated heterocycles. The highest BCUT2D eigenvalue weighted by atomic mass is 16.1. The van der Waals surface area contributed by atoms with Gasteiger partial charge in [-0.1, -0.05) is 0 Å². The summed E-state index contributed by atoms with van der Waals surface area (Å²) in [6, 6.07) is -0.366. The van der Waals surface area contributed by atoms with Crippen molar-refractivity contribution in [2.75, 3.05) is 12.4 Å². The topological polar surface area (TPSA) is 76.9 Å². The van der Waals surface area contributed by atoms with Crippen LogP contribution in [0.2, 0.25) is 0 Å². The second-order valence-electron chi connectivity index (χ2n) is 3.56. The summed E-state index contributed by atoms with van der Waals surface area (Å²) in [7, 11) is 1.61. The number of carbonyl (C=O) groups is 1. The zero-order valence-corrected chi connectivity index (χ0v) is 8.65. The lowest BCUT2D eigenvalue weighted by molar-refractivity contribution is -0.120. The Hall–Kier alpha value is -1.72. The molecule has 0 fully saturated rings. The lowest BCUT2D eigenvalue weighted by Crippen LogP contribution is -2.30. The molecular formula is C9H12N4O2. The van der Waals surface area contributed by atoms with Crippen LogP contribution in [0.4, 0.5) is 5.82 Å². The first-order valence-electron chi connectivity index (χ1n) is 4.81. The van der Waals surface area contributed by atoms with E-state index in [2.05, 4.69) is 15.5 Å². The molecule has 1 aromatic rings. The fourth-order valence-electron chi connectivity index (χ4n) is 1.86. The van der Waals surface area contributed by atoms with Gasteiger partial charge in [-0.15, -0.1) is 10.2 Å². The highest BCUT2D eigenvalue weighted by molar-refractivity contribution is 5.80. The minimum atomic E-state index is -0.366. The van der Waals surface area contributed by atoms with Crippen molar-refractivity contribution in [1.82, 2.24) is 14.8 Å². The molecule has 0 spiro atoms. The lowest BCUT2D eigenvalue weighted by Gasteiger charge is -2.10. The maximum Gasteiger partial charge on any atom is 0.297 e. The number of fused-ring (bicyclic) bond motifs is 1. The first-order chi connectivity index (χ1) is 7.15. The summed E-state index contributed by atoms with van der Waals surface area (Å²) in [5.74, 6) is 0.775. The van der Waals surface area contributed by atoms with Crippen LogP contribution in [0, 0.1) is 0 Å². The summed E-state index contributed by atoms with van der Waals surface area (Å²) >= 11 is 0. The Labute approximate surface area is 86.3 Å². The molecule has 1 N–H and O–H groups in total. The van der Waals surface area contributed by atoms with Gasteiger partial charge in [-0.25, -0.2) is 0 Å². The van der Waals surface area contributed by atoms with Crippen LogP contribution in [0.3, 0.4) is 0 Å². The highest BCUT2D eigenvalue weighted by Gasteiger charge is 2.29. The van der Waals surface area contributed by atoms with E-state index >= 15 is 0 Å². The highest BCUT2D eigenvalue weighted by Crippen LogP contribution is 2.22. The smallest absolute Gasteiger partial charge is 0.297 e. The number of hydrogen-bond acceptors (Lipinski definition) is 5. The quantitative estimate of drug-likeness (QED) is 0.725. The van der Waals surface area contributed by atoms with E-state index < -0.39 is 0 Å². The van der Waals surface area contributed by atoms with Gasteiger partial charge >= 0.3 is 0 Å². The summed E-state index contributed by atoms with van der Waals surface area (Å²) in [4.78, 5) is 23.2. The van der Waals surface area contributed by atoms with Gasteiger partial charge in [0, 0.05) is 13.5 Å². The number of aromatic nitrogens is 3. The monoisotopic (exact) mass is 208 g/mol. The standard InChI is InChI=1S/C9H12N4O2/c1-5(14)6-3-4-7-11-12-8(10-2)9(15)13(6)7/h6H,3-4H2,1-2H3,(H,10,12). The number of nitrogens with one attached hydrogen (secondary N) is 1. The van der Waals surface area contributed by atoms with Crippen molar-refractivity contribution < 1.29 is 4.79 Å². The van der Waals surface area contributed by atoms with Crippen molar-refractivity contribution in [2.24, 2.45) is 0 Å². The number of aryl methyl sites for hydroxylation is 1. The molecule has 2 heterocycles. The fraction of sp³-hybridized carbons (Fsp3) is 0.556. The zero-order valence-electron chi connectivity index (χ0n) is 8.65. The van der Waals surface area contributed by atoms with Gasteiger partial charge in [-0.2, -0.15) is 0 Å². The molecule has 1 atom stereocenters. The van der Waals surface area contributed by atoms with Gasteiger partial charge in [0.05, 0.1) is 6.04 Å². The van der Waals surface area contributed by atoms with E-state index in [4.69, 9.17) is 0 Å². The summed E-state index contributed by atoms with van der Waals surface area (Å²) in [6.45, 7) is 1.49. The van der Waals surface area contributed by atoms with E-state index in [1.807, 2.05) is 0 Å². The van der Waals surface area contributed by atoms with Crippen molar-refractivity contribution in [3.8, 4) is 0 Å². The van der Waals surface area contributed by atoms with Gasteiger partial charge in [0.1, 0.15) is 5.82 Å². The summed E-state index contributed by atoms with van der Waals surface area (Å²) in [5, 5.41) is 10.3. The van der Waals surface area contributed by atoms with Crippen LogP contribution in [0.15, 0.2) is 4.79 Å². The van der Waals surface area contributed by atoms with E-state index in [1.54, 1.807) is 7.05 Å². The van der Waals surface area contributed by atoms with Crippen molar-refractivity contribution in [2.45, 2.75) is 25.8 Å². The number of nitrogens with zero attached hydrogens (tertiary/aromatic N) is 3. The SMILES string of the molecule is CNc1nnc2n(c1=O)C(C(C)=O)CC2. The summed E-state index contributed by atoms with van der Waals surface area (Å²) < 4.78 is 1.45. The first-order valence-corrected chi connectivity index (χ1v) is 4.81. The predicted octanol–water partition coefficient (Wildman–Crippen LogP) is -0.244. The minimum Gasteiger partial charge on any atom is -0.367 e. The molecule has 0 aromatic carbocycles. The van der Waals surface area contributed by atoms with Gasteiger partial charge in [0.25, 0.3) is 5.56 Å². The molecule has 1 aliphatic heterocycles. The average Bonchev–Trinajstić information content (AvgIpc) is 2.63.